The van der Waals surface area contributed by atoms with E-state index in [9.17, 15) is 0 Å². The Hall–Kier alpha value is -0.700. The summed E-state index contributed by atoms with van der Waals surface area (Å²) in [5, 5.41) is 0. The second kappa shape index (κ2) is 4.66. The van der Waals surface area contributed by atoms with Gasteiger partial charge in [-0.25, -0.2) is 0 Å². The molecule has 2 aliphatic rings. The molecule has 3 heteroatoms. The van der Waals surface area contributed by atoms with E-state index in [4.69, 9.17) is 14.2 Å². The van der Waals surface area contributed by atoms with Crippen LogP contribution in [0.3, 0.4) is 0 Å². The fraction of sp³-hybridized carbons (Fsp3) is 0.846. The molecule has 92 valence electrons. The Bertz CT molecular complexity index is 285. The van der Waals surface area contributed by atoms with Gasteiger partial charge in [-0.1, -0.05) is 0 Å². The molecule has 0 spiro atoms. The van der Waals surface area contributed by atoms with Gasteiger partial charge in [-0.05, 0) is 40.0 Å². The van der Waals surface area contributed by atoms with Gasteiger partial charge in [0.05, 0.1) is 13.2 Å². The normalized spacial score (nSPS) is 32.3. The zero-order valence-corrected chi connectivity index (χ0v) is 10.5. The van der Waals surface area contributed by atoms with Gasteiger partial charge in [-0.3, -0.25) is 0 Å². The van der Waals surface area contributed by atoms with Crippen LogP contribution in [0.15, 0.2) is 11.5 Å². The fourth-order valence-corrected chi connectivity index (χ4v) is 3.01. The van der Waals surface area contributed by atoms with E-state index in [0.29, 0.717) is 19.1 Å². The lowest BCUT2D eigenvalue weighted by Crippen LogP contribution is -2.32. The maximum Gasteiger partial charge on any atom is 0.166 e. The number of hydrogen-bond donors (Lipinski definition) is 0. The highest BCUT2D eigenvalue weighted by molar-refractivity contribution is 5.29. The zero-order chi connectivity index (χ0) is 11.6. The van der Waals surface area contributed by atoms with Crippen LogP contribution in [-0.4, -0.2) is 25.4 Å². The van der Waals surface area contributed by atoms with Gasteiger partial charge in [-0.15, -0.1) is 0 Å². The number of fused-ring (bicyclic) bond motifs is 2. The fourth-order valence-electron chi connectivity index (χ4n) is 3.01. The molecule has 0 heterocycles. The molecule has 16 heavy (non-hydrogen) atoms. The Morgan fingerprint density at radius 3 is 2.50 bits per heavy atom. The second-order valence-electron chi connectivity index (χ2n) is 4.43. The smallest absolute Gasteiger partial charge is 0.166 e. The van der Waals surface area contributed by atoms with Crippen LogP contribution in [-0.2, 0) is 14.2 Å². The lowest BCUT2D eigenvalue weighted by molar-refractivity contribution is -0.0442. The number of rotatable bonds is 6. The van der Waals surface area contributed by atoms with E-state index in [1.165, 1.54) is 6.42 Å². The summed E-state index contributed by atoms with van der Waals surface area (Å²) in [6.07, 6.45) is 3.30. The van der Waals surface area contributed by atoms with Crippen molar-refractivity contribution in [2.75, 3.05) is 19.8 Å². The Labute approximate surface area is 97.8 Å². The number of hydrogen-bond acceptors (Lipinski definition) is 3. The van der Waals surface area contributed by atoms with Crippen molar-refractivity contribution in [2.45, 2.75) is 45.6 Å². The van der Waals surface area contributed by atoms with Gasteiger partial charge in [0.1, 0.15) is 11.4 Å². The lowest BCUT2D eigenvalue weighted by atomic mass is 10.00. The predicted molar refractivity (Wildman–Crippen MR) is 62.0 cm³/mol. The summed E-state index contributed by atoms with van der Waals surface area (Å²) in [7, 11) is 0. The molecule has 0 aliphatic heterocycles. The molecule has 2 atom stereocenters. The first kappa shape index (κ1) is 11.8. The van der Waals surface area contributed by atoms with Gasteiger partial charge in [0.15, 0.2) is 5.76 Å². The highest BCUT2D eigenvalue weighted by Gasteiger charge is 2.54. The van der Waals surface area contributed by atoms with Crippen LogP contribution in [0.5, 0.6) is 0 Å². The predicted octanol–water partition coefficient (Wildman–Crippen LogP) is 2.86. The molecule has 0 amide bonds. The Morgan fingerprint density at radius 2 is 1.88 bits per heavy atom. The van der Waals surface area contributed by atoms with Crippen molar-refractivity contribution in [2.24, 2.45) is 5.92 Å². The monoisotopic (exact) mass is 226 g/mol. The molecule has 2 bridgehead atoms. The molecule has 1 fully saturated rings. The van der Waals surface area contributed by atoms with Gasteiger partial charge in [0.2, 0.25) is 0 Å². The molecular formula is C13H22O3. The molecule has 0 radical (unpaired) electrons. The van der Waals surface area contributed by atoms with Crippen molar-refractivity contribution in [1.82, 2.24) is 0 Å². The summed E-state index contributed by atoms with van der Waals surface area (Å²) in [5.41, 5.74) is -0.167. The van der Waals surface area contributed by atoms with Gasteiger partial charge < -0.3 is 14.2 Å². The standard InChI is InChI=1S/C13H22O3/c1-4-14-11-10-7-8-13(9-10,16-6-3)12(11)15-5-2/h10H,4-9H2,1-3H3. The van der Waals surface area contributed by atoms with Gasteiger partial charge >= 0.3 is 0 Å². The van der Waals surface area contributed by atoms with Crippen molar-refractivity contribution in [3.8, 4) is 0 Å². The maximum absolute atomic E-state index is 5.96. The molecule has 3 nitrogen and oxygen atoms in total. The highest BCUT2D eigenvalue weighted by Crippen LogP contribution is 2.54. The third-order valence-corrected chi connectivity index (χ3v) is 3.49. The summed E-state index contributed by atoms with van der Waals surface area (Å²) in [5.74, 6) is 2.56. The quantitative estimate of drug-likeness (QED) is 0.697. The summed E-state index contributed by atoms with van der Waals surface area (Å²) < 4.78 is 17.5. The Balaban J connectivity index is 2.25. The van der Waals surface area contributed by atoms with Gasteiger partial charge in [0, 0.05) is 12.5 Å². The molecule has 0 aromatic rings. The topological polar surface area (TPSA) is 27.7 Å². The summed E-state index contributed by atoms with van der Waals surface area (Å²) >= 11 is 0. The van der Waals surface area contributed by atoms with Crippen LogP contribution in [0, 0.1) is 5.92 Å². The third kappa shape index (κ3) is 1.71. The molecule has 0 aromatic heterocycles. The molecular weight excluding hydrogens is 204 g/mol. The minimum absolute atomic E-state index is 0.167. The van der Waals surface area contributed by atoms with Crippen LogP contribution >= 0.6 is 0 Å². The second-order valence-corrected chi connectivity index (χ2v) is 4.43. The van der Waals surface area contributed by atoms with Crippen LogP contribution in [0.2, 0.25) is 0 Å². The van der Waals surface area contributed by atoms with Crippen LogP contribution < -0.4 is 0 Å². The van der Waals surface area contributed by atoms with Crippen molar-refractivity contribution in [1.29, 1.82) is 0 Å². The molecule has 2 rings (SSSR count). The summed E-state index contributed by atoms with van der Waals surface area (Å²) in [4.78, 5) is 0. The van der Waals surface area contributed by atoms with E-state index in [2.05, 4.69) is 0 Å². The molecule has 0 N–H and O–H groups in total. The van der Waals surface area contributed by atoms with Crippen LogP contribution in [0.1, 0.15) is 40.0 Å². The van der Waals surface area contributed by atoms with E-state index in [0.717, 1.165) is 31.0 Å². The summed E-state index contributed by atoms with van der Waals surface area (Å²) in [6, 6.07) is 0. The van der Waals surface area contributed by atoms with Gasteiger partial charge in [0.25, 0.3) is 0 Å². The minimum atomic E-state index is -0.167. The van der Waals surface area contributed by atoms with Crippen molar-refractivity contribution in [3.63, 3.8) is 0 Å². The average molecular weight is 226 g/mol. The van der Waals surface area contributed by atoms with E-state index in [1.54, 1.807) is 0 Å². The van der Waals surface area contributed by atoms with Crippen LogP contribution in [0.25, 0.3) is 0 Å². The first-order chi connectivity index (χ1) is 7.77. The first-order valence-electron chi connectivity index (χ1n) is 6.41. The third-order valence-electron chi connectivity index (χ3n) is 3.49. The van der Waals surface area contributed by atoms with E-state index < -0.39 is 0 Å². The van der Waals surface area contributed by atoms with Crippen molar-refractivity contribution >= 4 is 0 Å². The van der Waals surface area contributed by atoms with Gasteiger partial charge in [-0.2, -0.15) is 0 Å². The lowest BCUT2D eigenvalue weighted by Gasteiger charge is -2.30. The van der Waals surface area contributed by atoms with E-state index in [1.807, 2.05) is 20.8 Å². The number of allylic oxidation sites excluding steroid dienone is 1. The van der Waals surface area contributed by atoms with Crippen LogP contribution in [0.4, 0.5) is 0 Å². The Morgan fingerprint density at radius 1 is 1.12 bits per heavy atom. The van der Waals surface area contributed by atoms with E-state index in [-0.39, 0.29) is 5.60 Å². The van der Waals surface area contributed by atoms with Crippen molar-refractivity contribution in [3.05, 3.63) is 11.5 Å². The minimum Gasteiger partial charge on any atom is -0.494 e. The molecule has 1 saturated carbocycles. The Kier molecular flexibility index (Phi) is 3.43. The first-order valence-corrected chi connectivity index (χ1v) is 6.41. The highest BCUT2D eigenvalue weighted by atomic mass is 16.6. The molecule has 2 unspecified atom stereocenters. The van der Waals surface area contributed by atoms with E-state index >= 15 is 0 Å². The van der Waals surface area contributed by atoms with Crippen molar-refractivity contribution < 1.29 is 14.2 Å². The molecule has 0 aromatic carbocycles. The maximum atomic E-state index is 5.96. The molecule has 0 saturated heterocycles. The average Bonchev–Trinajstić information content (AvgIpc) is 2.78. The zero-order valence-electron chi connectivity index (χ0n) is 10.5. The number of ether oxygens (including phenoxy) is 3. The SMILES string of the molecule is CCOC1=C(OCC)C2(OCC)CCC1C2. The molecule has 2 aliphatic carbocycles. The summed E-state index contributed by atoms with van der Waals surface area (Å²) in [6.45, 7) is 8.23. The largest absolute Gasteiger partial charge is 0.494 e.